The number of fused-ring (bicyclic) bond motifs is 5. The summed E-state index contributed by atoms with van der Waals surface area (Å²) in [6.07, 6.45) is 7.71. The van der Waals surface area contributed by atoms with Gasteiger partial charge in [0.05, 0.1) is 6.54 Å². The Kier molecular flexibility index (Phi) is 4.06. The third kappa shape index (κ3) is 2.75. The van der Waals surface area contributed by atoms with Crippen molar-refractivity contribution in [3.63, 3.8) is 0 Å². The zero-order valence-electron chi connectivity index (χ0n) is 15.1. The first-order valence-electron chi connectivity index (χ1n) is 9.60. The fourth-order valence-electron chi connectivity index (χ4n) is 5.67. The lowest BCUT2D eigenvalue weighted by atomic mass is 9.72. The van der Waals surface area contributed by atoms with Crippen LogP contribution in [-0.4, -0.2) is 65.2 Å². The van der Waals surface area contributed by atoms with Crippen molar-refractivity contribution >= 4 is 12.0 Å². The van der Waals surface area contributed by atoms with Crippen LogP contribution in [0.4, 0.5) is 4.79 Å². The second-order valence-corrected chi connectivity index (χ2v) is 8.61. The van der Waals surface area contributed by atoms with Gasteiger partial charge in [-0.3, -0.25) is 9.69 Å². The average molecular weight is 347 g/mol. The Morgan fingerprint density at radius 1 is 1.32 bits per heavy atom. The number of likely N-dealkylation sites (N-methyl/N-ethyl adjacent to an activating group) is 1. The number of nitrogens with zero attached hydrogens (tertiary/aromatic N) is 2. The summed E-state index contributed by atoms with van der Waals surface area (Å²) in [5, 5.41) is 12.1. The number of hydrogen-bond acceptors (Lipinski definition) is 3. The summed E-state index contributed by atoms with van der Waals surface area (Å²) in [7, 11) is 0. The van der Waals surface area contributed by atoms with E-state index in [0.29, 0.717) is 17.8 Å². The molecule has 2 bridgehead atoms. The standard InChI is InChI=1S/C19H29N3O3/c1-3-21(10-17(23)24)15-7-14(8-15)20-18(25)22-9-16-12-4-5-13(6-12)19(16,2)11-22/h4-5,12-16H,3,6-11H2,1-2H3,(H,20,25)(H,23,24)/t12-,13+,14?,15?,16?,19+/m1/s1. The molecule has 0 radical (unpaired) electrons. The summed E-state index contributed by atoms with van der Waals surface area (Å²) in [6, 6.07) is 0.533. The molecular formula is C19H29N3O3. The van der Waals surface area contributed by atoms with Crippen LogP contribution in [0.5, 0.6) is 0 Å². The Balaban J connectivity index is 1.27. The minimum absolute atomic E-state index is 0.0692. The van der Waals surface area contributed by atoms with E-state index in [0.717, 1.165) is 32.5 Å². The number of carboxylic acid groups (broad SMARTS) is 1. The number of carbonyl (C=O) groups is 2. The Labute approximate surface area is 149 Å². The van der Waals surface area contributed by atoms with Crippen molar-refractivity contribution in [2.24, 2.45) is 23.2 Å². The summed E-state index contributed by atoms with van der Waals surface area (Å²) < 4.78 is 0. The Morgan fingerprint density at radius 2 is 2.08 bits per heavy atom. The van der Waals surface area contributed by atoms with Gasteiger partial charge in [-0.2, -0.15) is 0 Å². The zero-order valence-corrected chi connectivity index (χ0v) is 15.1. The summed E-state index contributed by atoms with van der Waals surface area (Å²) in [6.45, 7) is 6.91. The quantitative estimate of drug-likeness (QED) is 0.744. The van der Waals surface area contributed by atoms with E-state index in [1.165, 1.54) is 6.42 Å². The molecule has 1 heterocycles. The van der Waals surface area contributed by atoms with Gasteiger partial charge in [0, 0.05) is 25.2 Å². The number of amides is 2. The number of rotatable bonds is 5. The highest BCUT2D eigenvalue weighted by Crippen LogP contribution is 2.59. The fourth-order valence-corrected chi connectivity index (χ4v) is 5.67. The van der Waals surface area contributed by atoms with Crippen LogP contribution >= 0.6 is 0 Å². The topological polar surface area (TPSA) is 72.9 Å². The Morgan fingerprint density at radius 3 is 2.72 bits per heavy atom. The van der Waals surface area contributed by atoms with Crippen LogP contribution in [0.3, 0.4) is 0 Å². The van der Waals surface area contributed by atoms with Crippen molar-refractivity contribution in [3.05, 3.63) is 12.2 Å². The maximum atomic E-state index is 12.7. The molecule has 3 fully saturated rings. The van der Waals surface area contributed by atoms with E-state index in [4.69, 9.17) is 5.11 Å². The van der Waals surface area contributed by atoms with Crippen molar-refractivity contribution in [2.45, 2.75) is 45.2 Å². The van der Waals surface area contributed by atoms with Crippen LogP contribution in [0.15, 0.2) is 12.2 Å². The molecule has 1 saturated heterocycles. The predicted octanol–water partition coefficient (Wildman–Crippen LogP) is 1.78. The normalized spacial score (nSPS) is 41.1. The molecule has 6 nitrogen and oxygen atoms in total. The first-order valence-corrected chi connectivity index (χ1v) is 9.60. The summed E-state index contributed by atoms with van der Waals surface area (Å²) in [5.74, 6) is 1.14. The lowest BCUT2D eigenvalue weighted by Gasteiger charge is -2.42. The number of allylic oxidation sites excluding steroid dienone is 2. The molecule has 1 aliphatic heterocycles. The molecule has 0 aromatic carbocycles. The second-order valence-electron chi connectivity index (χ2n) is 8.61. The third-order valence-electron chi connectivity index (χ3n) is 7.27. The maximum absolute atomic E-state index is 12.7. The Hall–Kier alpha value is -1.56. The van der Waals surface area contributed by atoms with Gasteiger partial charge in [-0.15, -0.1) is 0 Å². The van der Waals surface area contributed by atoms with E-state index in [9.17, 15) is 9.59 Å². The van der Waals surface area contributed by atoms with Crippen LogP contribution in [0.1, 0.15) is 33.1 Å². The van der Waals surface area contributed by atoms with Gasteiger partial charge in [0.15, 0.2) is 0 Å². The van der Waals surface area contributed by atoms with Crippen LogP contribution in [0.2, 0.25) is 0 Å². The van der Waals surface area contributed by atoms with Crippen molar-refractivity contribution in [2.75, 3.05) is 26.2 Å². The van der Waals surface area contributed by atoms with Crippen LogP contribution < -0.4 is 5.32 Å². The van der Waals surface area contributed by atoms with Crippen LogP contribution in [0, 0.1) is 23.2 Å². The molecule has 6 heteroatoms. The van der Waals surface area contributed by atoms with Crippen LogP contribution in [-0.2, 0) is 4.79 Å². The minimum Gasteiger partial charge on any atom is -0.480 e. The monoisotopic (exact) mass is 347 g/mol. The lowest BCUT2D eigenvalue weighted by molar-refractivity contribution is -0.139. The van der Waals surface area contributed by atoms with Gasteiger partial charge < -0.3 is 15.3 Å². The number of nitrogens with one attached hydrogen (secondary N) is 1. The molecule has 4 aliphatic rings. The van der Waals surface area contributed by atoms with E-state index in [-0.39, 0.29) is 30.1 Å². The first kappa shape index (κ1) is 16.9. The lowest BCUT2D eigenvalue weighted by Crippen LogP contribution is -2.56. The molecule has 2 amide bonds. The van der Waals surface area contributed by atoms with Gasteiger partial charge in [0.2, 0.25) is 0 Å². The van der Waals surface area contributed by atoms with Gasteiger partial charge in [0.25, 0.3) is 0 Å². The number of carbonyl (C=O) groups excluding carboxylic acids is 1. The smallest absolute Gasteiger partial charge is 0.317 e. The van der Waals surface area contributed by atoms with Gasteiger partial charge in [0.1, 0.15) is 0 Å². The van der Waals surface area contributed by atoms with Gasteiger partial charge >= 0.3 is 12.0 Å². The van der Waals surface area contributed by atoms with Gasteiger partial charge in [-0.25, -0.2) is 4.79 Å². The molecule has 3 aliphatic carbocycles. The highest BCUT2D eigenvalue weighted by molar-refractivity contribution is 5.75. The third-order valence-corrected chi connectivity index (χ3v) is 7.27. The molecule has 4 rings (SSSR count). The largest absolute Gasteiger partial charge is 0.480 e. The summed E-state index contributed by atoms with van der Waals surface area (Å²) in [4.78, 5) is 27.6. The van der Waals surface area contributed by atoms with Crippen molar-refractivity contribution in [3.8, 4) is 0 Å². The van der Waals surface area contributed by atoms with Gasteiger partial charge in [-0.1, -0.05) is 26.0 Å². The molecule has 0 spiro atoms. The molecule has 4 atom stereocenters. The number of aliphatic carboxylic acids is 1. The fraction of sp³-hybridized carbons (Fsp3) is 0.789. The molecule has 2 saturated carbocycles. The molecule has 138 valence electrons. The number of urea groups is 1. The van der Waals surface area contributed by atoms with Gasteiger partial charge in [-0.05, 0) is 49.0 Å². The Bertz CT molecular complexity index is 601. The van der Waals surface area contributed by atoms with Crippen molar-refractivity contribution in [1.29, 1.82) is 0 Å². The first-order chi connectivity index (χ1) is 11.9. The maximum Gasteiger partial charge on any atom is 0.317 e. The number of likely N-dealkylation sites (tertiary alicyclic amines) is 1. The molecule has 0 aromatic rings. The van der Waals surface area contributed by atoms with E-state index in [1.54, 1.807) is 0 Å². The molecule has 1 unspecified atom stereocenters. The van der Waals surface area contributed by atoms with E-state index in [2.05, 4.69) is 24.4 Å². The molecule has 0 aromatic heterocycles. The second kappa shape index (κ2) is 6.01. The molecular weight excluding hydrogens is 318 g/mol. The predicted molar refractivity (Wildman–Crippen MR) is 94.1 cm³/mol. The number of carboxylic acids is 1. The summed E-state index contributed by atoms with van der Waals surface area (Å²) in [5.41, 5.74) is 0.263. The summed E-state index contributed by atoms with van der Waals surface area (Å²) >= 11 is 0. The highest BCUT2D eigenvalue weighted by Gasteiger charge is 2.58. The average Bonchev–Trinajstić information content (AvgIpc) is 3.18. The van der Waals surface area contributed by atoms with E-state index >= 15 is 0 Å². The van der Waals surface area contributed by atoms with E-state index < -0.39 is 5.97 Å². The molecule has 2 N–H and O–H groups in total. The zero-order chi connectivity index (χ0) is 17.8. The van der Waals surface area contributed by atoms with E-state index in [1.807, 2.05) is 16.7 Å². The SMILES string of the molecule is CCN(CC(=O)O)C1CC(NC(=O)N2CC3[C@@H]4C=C[C@@H](C4)[C@]3(C)C2)C1. The van der Waals surface area contributed by atoms with Crippen molar-refractivity contribution in [1.82, 2.24) is 15.1 Å². The minimum atomic E-state index is -0.783. The van der Waals surface area contributed by atoms with Crippen molar-refractivity contribution < 1.29 is 14.7 Å². The number of hydrogen-bond donors (Lipinski definition) is 2. The highest BCUT2D eigenvalue weighted by atomic mass is 16.4. The molecule has 25 heavy (non-hydrogen) atoms. The van der Waals surface area contributed by atoms with Crippen LogP contribution in [0.25, 0.3) is 0 Å².